The Hall–Kier alpha value is -4.34. The number of urea groups is 1. The molecule has 1 unspecified atom stereocenters. The van der Waals surface area contributed by atoms with Gasteiger partial charge in [-0.15, -0.1) is 0 Å². The minimum absolute atomic E-state index is 0.0629. The van der Waals surface area contributed by atoms with Crippen LogP contribution in [0.4, 0.5) is 10.6 Å². The number of aryl methyl sites for hydroxylation is 1. The van der Waals surface area contributed by atoms with Crippen molar-refractivity contribution >= 4 is 11.8 Å². The van der Waals surface area contributed by atoms with Crippen LogP contribution >= 0.6 is 0 Å². The number of carbonyl (C=O) groups excluding carboxylic acids is 1. The van der Waals surface area contributed by atoms with Gasteiger partial charge in [0.1, 0.15) is 17.3 Å². The van der Waals surface area contributed by atoms with E-state index >= 15 is 0 Å². The number of ether oxygens (including phenoxy) is 1. The molecule has 0 radical (unpaired) electrons. The first-order valence-electron chi connectivity index (χ1n) is 14.0. The summed E-state index contributed by atoms with van der Waals surface area (Å²) in [7, 11) is 1.70. The van der Waals surface area contributed by atoms with Crippen LogP contribution in [0.1, 0.15) is 35.0 Å². The van der Waals surface area contributed by atoms with Gasteiger partial charge in [-0.3, -0.25) is 10.2 Å². The molecule has 2 aromatic carbocycles. The molecule has 6 rings (SSSR count). The minimum Gasteiger partial charge on any atom is -0.381 e. The largest absolute Gasteiger partial charge is 0.381 e. The standard InChI is InChI=1S/C32H35N7O2/c1-21-29(24-19-33-22(2)34-20-24)37-39(25-11-5-4-6-12-25)31(21)36-32(40)35-28-18-26(13-9-17-41-3)38-16-15-23-10-7-8-14-27(23)30(28)38/h4-14,19-20,26,28,30H,15-18H2,1-3H3,(H2,35,36,40)/b13-9+/t26?,28-,30+/m1/s1. The molecule has 0 saturated carbocycles. The van der Waals surface area contributed by atoms with E-state index < -0.39 is 0 Å². The highest BCUT2D eigenvalue weighted by Crippen LogP contribution is 2.41. The third-order valence-corrected chi connectivity index (χ3v) is 8.02. The van der Waals surface area contributed by atoms with Crippen molar-refractivity contribution in [2.24, 2.45) is 0 Å². The van der Waals surface area contributed by atoms with Gasteiger partial charge in [0.2, 0.25) is 0 Å². The number of amides is 2. The second-order valence-corrected chi connectivity index (χ2v) is 10.6. The van der Waals surface area contributed by atoms with Crippen molar-refractivity contribution in [2.45, 2.75) is 44.8 Å². The SMILES string of the molecule is COC/C=C/C1C[C@@H](NC(=O)Nc2c(C)c(-c3cnc(C)nc3)nn2-c2ccccc2)[C@@H]2c3ccccc3CCN12. The summed E-state index contributed by atoms with van der Waals surface area (Å²) in [5, 5.41) is 11.4. The summed E-state index contributed by atoms with van der Waals surface area (Å²) in [4.78, 5) is 24.9. The first-order valence-corrected chi connectivity index (χ1v) is 14.0. The highest BCUT2D eigenvalue weighted by atomic mass is 16.5. The number of rotatable bonds is 7. The summed E-state index contributed by atoms with van der Waals surface area (Å²) in [6, 6.07) is 18.4. The average Bonchev–Trinajstić information content (AvgIpc) is 3.51. The molecule has 4 heterocycles. The first kappa shape index (κ1) is 26.9. The first-order chi connectivity index (χ1) is 20.0. The minimum atomic E-state index is -0.258. The van der Waals surface area contributed by atoms with Gasteiger partial charge < -0.3 is 10.1 Å². The third-order valence-electron chi connectivity index (χ3n) is 8.02. The Bertz CT molecular complexity index is 1550. The van der Waals surface area contributed by atoms with Crippen LogP contribution in [0.15, 0.2) is 79.1 Å². The number of fused-ring (bicyclic) bond motifs is 3. The van der Waals surface area contributed by atoms with E-state index in [-0.39, 0.29) is 24.2 Å². The zero-order valence-corrected chi connectivity index (χ0v) is 23.6. The maximum atomic E-state index is 13.7. The second-order valence-electron chi connectivity index (χ2n) is 10.6. The van der Waals surface area contributed by atoms with Crippen LogP contribution in [-0.2, 0) is 11.2 Å². The van der Waals surface area contributed by atoms with Crippen LogP contribution in [0.5, 0.6) is 0 Å². The van der Waals surface area contributed by atoms with Crippen LogP contribution < -0.4 is 10.6 Å². The Balaban J connectivity index is 1.30. The number of aromatic nitrogens is 4. The monoisotopic (exact) mass is 549 g/mol. The fraction of sp³-hybridized carbons (Fsp3) is 0.312. The van der Waals surface area contributed by atoms with Crippen molar-refractivity contribution in [3.05, 3.63) is 102 Å². The molecule has 3 atom stereocenters. The number of anilines is 1. The maximum Gasteiger partial charge on any atom is 0.320 e. The van der Waals surface area contributed by atoms with E-state index in [0.29, 0.717) is 18.2 Å². The molecule has 1 fully saturated rings. The zero-order valence-electron chi connectivity index (χ0n) is 23.6. The van der Waals surface area contributed by atoms with Crippen LogP contribution in [0.2, 0.25) is 0 Å². The molecule has 9 nitrogen and oxygen atoms in total. The van der Waals surface area contributed by atoms with Crippen molar-refractivity contribution in [3.63, 3.8) is 0 Å². The van der Waals surface area contributed by atoms with E-state index in [1.807, 2.05) is 44.2 Å². The van der Waals surface area contributed by atoms with Gasteiger partial charge in [-0.05, 0) is 49.9 Å². The van der Waals surface area contributed by atoms with Crippen molar-refractivity contribution < 1.29 is 9.53 Å². The maximum absolute atomic E-state index is 13.7. The number of carbonyl (C=O) groups is 1. The number of methoxy groups -OCH3 is 1. The molecule has 0 aliphatic carbocycles. The quantitative estimate of drug-likeness (QED) is 0.315. The summed E-state index contributed by atoms with van der Waals surface area (Å²) in [6.45, 7) is 5.33. The normalized spacial score (nSPS) is 20.1. The van der Waals surface area contributed by atoms with Gasteiger partial charge in [0.15, 0.2) is 0 Å². The number of hydrogen-bond donors (Lipinski definition) is 2. The van der Waals surface area contributed by atoms with Gasteiger partial charge in [-0.1, -0.05) is 54.6 Å². The lowest BCUT2D eigenvalue weighted by molar-refractivity contribution is 0.193. The van der Waals surface area contributed by atoms with Crippen molar-refractivity contribution in [1.29, 1.82) is 0 Å². The van der Waals surface area contributed by atoms with E-state index in [9.17, 15) is 4.79 Å². The zero-order chi connectivity index (χ0) is 28.3. The van der Waals surface area contributed by atoms with Gasteiger partial charge >= 0.3 is 6.03 Å². The van der Waals surface area contributed by atoms with E-state index in [2.05, 4.69) is 61.9 Å². The molecule has 2 N–H and O–H groups in total. The summed E-state index contributed by atoms with van der Waals surface area (Å²) >= 11 is 0. The van der Waals surface area contributed by atoms with Crippen molar-refractivity contribution in [3.8, 4) is 16.9 Å². The van der Waals surface area contributed by atoms with E-state index in [0.717, 1.165) is 41.9 Å². The predicted molar refractivity (Wildman–Crippen MR) is 159 cm³/mol. The molecule has 4 aromatic rings. The molecule has 2 aliphatic heterocycles. The second kappa shape index (κ2) is 11.6. The average molecular weight is 550 g/mol. The molecule has 2 amide bonds. The summed E-state index contributed by atoms with van der Waals surface area (Å²) in [6.07, 6.45) is 9.64. The smallest absolute Gasteiger partial charge is 0.320 e. The van der Waals surface area contributed by atoms with Crippen LogP contribution in [0, 0.1) is 13.8 Å². The number of nitrogens with one attached hydrogen (secondary N) is 2. The fourth-order valence-electron chi connectivity index (χ4n) is 6.10. The molecule has 210 valence electrons. The van der Waals surface area contributed by atoms with Crippen molar-refractivity contribution in [1.82, 2.24) is 30.0 Å². The molecule has 9 heteroatoms. The van der Waals surface area contributed by atoms with E-state index in [4.69, 9.17) is 9.84 Å². The van der Waals surface area contributed by atoms with E-state index in [1.54, 1.807) is 24.2 Å². The Morgan fingerprint density at radius 1 is 1.07 bits per heavy atom. The number of nitrogens with zero attached hydrogens (tertiary/aromatic N) is 5. The molecule has 2 aromatic heterocycles. The molecule has 41 heavy (non-hydrogen) atoms. The topological polar surface area (TPSA) is 97.2 Å². The summed E-state index contributed by atoms with van der Waals surface area (Å²) < 4.78 is 7.02. The Morgan fingerprint density at radius 2 is 1.83 bits per heavy atom. The van der Waals surface area contributed by atoms with Gasteiger partial charge in [0.05, 0.1) is 24.4 Å². The molecule has 1 saturated heterocycles. The van der Waals surface area contributed by atoms with Gasteiger partial charge in [0.25, 0.3) is 0 Å². The Kier molecular flexibility index (Phi) is 7.63. The lowest BCUT2D eigenvalue weighted by atomic mass is 9.90. The van der Waals surface area contributed by atoms with Gasteiger partial charge in [0, 0.05) is 43.2 Å². The molecular formula is C32H35N7O2. The van der Waals surface area contributed by atoms with Crippen LogP contribution in [-0.4, -0.2) is 63.0 Å². The van der Waals surface area contributed by atoms with Crippen molar-refractivity contribution in [2.75, 3.05) is 25.6 Å². The van der Waals surface area contributed by atoms with Crippen LogP contribution in [0.3, 0.4) is 0 Å². The van der Waals surface area contributed by atoms with E-state index in [1.165, 1.54) is 11.1 Å². The Labute approximate surface area is 240 Å². The Morgan fingerprint density at radius 3 is 2.61 bits per heavy atom. The lowest BCUT2D eigenvalue weighted by Gasteiger charge is -2.36. The summed E-state index contributed by atoms with van der Waals surface area (Å²) in [5.41, 5.74) is 5.85. The molecular weight excluding hydrogens is 514 g/mol. The molecule has 0 spiro atoms. The fourth-order valence-corrected chi connectivity index (χ4v) is 6.10. The number of para-hydroxylation sites is 1. The van der Waals surface area contributed by atoms with Gasteiger partial charge in [-0.2, -0.15) is 5.10 Å². The van der Waals surface area contributed by atoms with Crippen LogP contribution in [0.25, 0.3) is 16.9 Å². The molecule has 2 aliphatic rings. The highest BCUT2D eigenvalue weighted by molar-refractivity contribution is 5.91. The predicted octanol–water partition coefficient (Wildman–Crippen LogP) is 5.01. The van der Waals surface area contributed by atoms with Gasteiger partial charge in [-0.25, -0.2) is 19.4 Å². The molecule has 0 bridgehead atoms. The highest BCUT2D eigenvalue weighted by Gasteiger charge is 2.44. The summed E-state index contributed by atoms with van der Waals surface area (Å²) in [5.74, 6) is 1.30. The number of benzene rings is 2. The number of hydrogen-bond acceptors (Lipinski definition) is 6. The lowest BCUT2D eigenvalue weighted by Crippen LogP contribution is -2.44. The third kappa shape index (κ3) is 5.38.